The Balaban J connectivity index is 2.64. The lowest BCUT2D eigenvalue weighted by Gasteiger charge is -2.30. The highest BCUT2D eigenvalue weighted by molar-refractivity contribution is 7.89. The molecule has 0 radical (unpaired) electrons. The number of likely N-dealkylation sites (tertiary alicyclic amines) is 1. The summed E-state index contributed by atoms with van der Waals surface area (Å²) >= 11 is 0. The topological polar surface area (TPSA) is 40.6 Å². The molecule has 0 N–H and O–H groups in total. The molecule has 1 aliphatic heterocycles. The average molecular weight is 206 g/mol. The van der Waals surface area contributed by atoms with Crippen LogP contribution in [0.4, 0.5) is 0 Å². The number of rotatable bonds is 2. The number of hydrogen-bond acceptors (Lipinski definition) is 3. The maximum atomic E-state index is 11.7. The quantitative estimate of drug-likeness (QED) is 0.637. The molecule has 1 aliphatic rings. The van der Waals surface area contributed by atoms with Gasteiger partial charge in [0.25, 0.3) is 0 Å². The molecule has 0 aromatic rings. The van der Waals surface area contributed by atoms with Gasteiger partial charge in [0, 0.05) is 14.1 Å². The van der Waals surface area contributed by atoms with Gasteiger partial charge in [0.05, 0.1) is 5.25 Å². The molecule has 0 aromatic heterocycles. The van der Waals surface area contributed by atoms with Crippen molar-refractivity contribution >= 4 is 10.0 Å². The molecular weight excluding hydrogens is 188 g/mol. The van der Waals surface area contributed by atoms with E-state index in [-0.39, 0.29) is 5.25 Å². The van der Waals surface area contributed by atoms with Crippen LogP contribution >= 0.6 is 0 Å². The minimum Gasteiger partial charge on any atom is -0.306 e. The predicted molar refractivity (Wildman–Crippen MR) is 53.1 cm³/mol. The molecule has 5 heteroatoms. The van der Waals surface area contributed by atoms with E-state index in [2.05, 4.69) is 4.90 Å². The smallest absolute Gasteiger partial charge is 0.216 e. The highest BCUT2D eigenvalue weighted by Gasteiger charge is 2.30. The van der Waals surface area contributed by atoms with Crippen molar-refractivity contribution in [2.75, 3.05) is 34.2 Å². The summed E-state index contributed by atoms with van der Waals surface area (Å²) in [5.74, 6) is 0. The van der Waals surface area contributed by atoms with Crippen molar-refractivity contribution in [2.24, 2.45) is 0 Å². The summed E-state index contributed by atoms with van der Waals surface area (Å²) in [6, 6.07) is 0. The highest BCUT2D eigenvalue weighted by Crippen LogP contribution is 2.18. The zero-order chi connectivity index (χ0) is 10.1. The molecule has 0 unspecified atom stereocenters. The van der Waals surface area contributed by atoms with Crippen LogP contribution in [-0.4, -0.2) is 57.1 Å². The Morgan fingerprint density at radius 2 is 1.69 bits per heavy atom. The molecule has 1 rings (SSSR count). The van der Waals surface area contributed by atoms with Gasteiger partial charge in [-0.2, -0.15) is 0 Å². The third kappa shape index (κ3) is 2.42. The zero-order valence-electron chi connectivity index (χ0n) is 8.52. The van der Waals surface area contributed by atoms with Crippen LogP contribution < -0.4 is 0 Å². The van der Waals surface area contributed by atoms with E-state index < -0.39 is 10.0 Å². The average Bonchev–Trinajstić information content (AvgIpc) is 2.04. The van der Waals surface area contributed by atoms with Crippen molar-refractivity contribution in [3.63, 3.8) is 0 Å². The van der Waals surface area contributed by atoms with Gasteiger partial charge in [0.2, 0.25) is 10.0 Å². The molecule has 13 heavy (non-hydrogen) atoms. The predicted octanol–water partition coefficient (Wildman–Crippen LogP) is -0.0280. The number of nitrogens with zero attached hydrogens (tertiary/aromatic N) is 2. The Hall–Kier alpha value is -0.130. The fraction of sp³-hybridized carbons (Fsp3) is 1.00. The lowest BCUT2D eigenvalue weighted by atomic mass is 10.1. The summed E-state index contributed by atoms with van der Waals surface area (Å²) in [5, 5.41) is -0.168. The van der Waals surface area contributed by atoms with Gasteiger partial charge in [-0.3, -0.25) is 0 Å². The van der Waals surface area contributed by atoms with Gasteiger partial charge in [-0.25, -0.2) is 12.7 Å². The van der Waals surface area contributed by atoms with E-state index in [4.69, 9.17) is 0 Å². The maximum Gasteiger partial charge on any atom is 0.216 e. The van der Waals surface area contributed by atoms with Crippen LogP contribution in [0.15, 0.2) is 0 Å². The molecular formula is C8H18N2O2S. The van der Waals surface area contributed by atoms with Crippen LogP contribution in [-0.2, 0) is 10.0 Å². The molecule has 4 nitrogen and oxygen atoms in total. The Morgan fingerprint density at radius 3 is 2.08 bits per heavy atom. The summed E-state index contributed by atoms with van der Waals surface area (Å²) in [6.45, 7) is 1.77. The molecule has 0 aliphatic carbocycles. The largest absolute Gasteiger partial charge is 0.306 e. The van der Waals surface area contributed by atoms with E-state index in [1.165, 1.54) is 4.31 Å². The Bertz CT molecular complexity index is 253. The monoisotopic (exact) mass is 206 g/mol. The van der Waals surface area contributed by atoms with Crippen LogP contribution in [0.1, 0.15) is 12.8 Å². The first-order valence-electron chi connectivity index (χ1n) is 4.54. The van der Waals surface area contributed by atoms with Gasteiger partial charge >= 0.3 is 0 Å². The summed E-state index contributed by atoms with van der Waals surface area (Å²) in [5.41, 5.74) is 0. The minimum absolute atomic E-state index is 0.168. The first-order valence-corrected chi connectivity index (χ1v) is 6.05. The van der Waals surface area contributed by atoms with Crippen LogP contribution in [0.2, 0.25) is 0 Å². The van der Waals surface area contributed by atoms with Gasteiger partial charge in [-0.15, -0.1) is 0 Å². The molecule has 0 amide bonds. The van der Waals surface area contributed by atoms with E-state index in [0.717, 1.165) is 25.9 Å². The third-order valence-electron chi connectivity index (χ3n) is 2.60. The fourth-order valence-corrected chi connectivity index (χ4v) is 2.98. The normalized spacial score (nSPS) is 22.5. The van der Waals surface area contributed by atoms with Gasteiger partial charge in [-0.1, -0.05) is 0 Å². The molecule has 0 aromatic carbocycles. The Kier molecular flexibility index (Phi) is 3.32. The molecule has 1 fully saturated rings. The number of sulfonamides is 1. The van der Waals surface area contributed by atoms with Crippen LogP contribution in [0.25, 0.3) is 0 Å². The summed E-state index contributed by atoms with van der Waals surface area (Å²) < 4.78 is 24.7. The maximum absolute atomic E-state index is 11.7. The van der Waals surface area contributed by atoms with Crippen molar-refractivity contribution in [3.8, 4) is 0 Å². The van der Waals surface area contributed by atoms with E-state index in [1.807, 2.05) is 7.05 Å². The molecule has 1 heterocycles. The van der Waals surface area contributed by atoms with Crippen molar-refractivity contribution in [1.82, 2.24) is 9.21 Å². The standard InChI is InChI=1S/C8H18N2O2S/c1-9(2)13(11,12)8-4-6-10(3)7-5-8/h8H,4-7H2,1-3H3. The van der Waals surface area contributed by atoms with E-state index in [9.17, 15) is 8.42 Å². The van der Waals surface area contributed by atoms with Gasteiger partial charge < -0.3 is 4.90 Å². The van der Waals surface area contributed by atoms with Crippen LogP contribution in [0.5, 0.6) is 0 Å². The lowest BCUT2D eigenvalue weighted by molar-refractivity contribution is 0.275. The SMILES string of the molecule is CN1CCC(S(=O)(=O)N(C)C)CC1. The molecule has 78 valence electrons. The summed E-state index contributed by atoms with van der Waals surface area (Å²) in [6.07, 6.45) is 1.52. The van der Waals surface area contributed by atoms with Crippen LogP contribution in [0.3, 0.4) is 0 Å². The first kappa shape index (κ1) is 10.9. The number of hydrogen-bond donors (Lipinski definition) is 0. The van der Waals surface area contributed by atoms with Crippen molar-refractivity contribution in [1.29, 1.82) is 0 Å². The van der Waals surface area contributed by atoms with Crippen molar-refractivity contribution in [3.05, 3.63) is 0 Å². The Labute approximate surface area is 80.6 Å². The van der Waals surface area contributed by atoms with E-state index in [0.29, 0.717) is 0 Å². The van der Waals surface area contributed by atoms with Crippen molar-refractivity contribution in [2.45, 2.75) is 18.1 Å². The zero-order valence-corrected chi connectivity index (χ0v) is 9.34. The molecule has 1 saturated heterocycles. The minimum atomic E-state index is -3.02. The van der Waals surface area contributed by atoms with Gasteiger partial charge in [0.15, 0.2) is 0 Å². The van der Waals surface area contributed by atoms with E-state index >= 15 is 0 Å². The first-order chi connectivity index (χ1) is 5.94. The van der Waals surface area contributed by atoms with Gasteiger partial charge in [0.1, 0.15) is 0 Å². The van der Waals surface area contributed by atoms with Gasteiger partial charge in [-0.05, 0) is 33.0 Å². The second kappa shape index (κ2) is 3.94. The molecule has 0 atom stereocenters. The summed E-state index contributed by atoms with van der Waals surface area (Å²) in [7, 11) is 2.22. The molecule has 0 bridgehead atoms. The second-order valence-corrected chi connectivity index (χ2v) is 6.26. The van der Waals surface area contributed by atoms with Crippen LogP contribution in [0, 0.1) is 0 Å². The highest BCUT2D eigenvalue weighted by atomic mass is 32.2. The van der Waals surface area contributed by atoms with Crippen molar-refractivity contribution < 1.29 is 8.42 Å². The second-order valence-electron chi connectivity index (χ2n) is 3.83. The van der Waals surface area contributed by atoms with E-state index in [1.54, 1.807) is 14.1 Å². The fourth-order valence-electron chi connectivity index (χ4n) is 1.58. The number of piperidine rings is 1. The third-order valence-corrected chi connectivity index (χ3v) is 4.93. The lowest BCUT2D eigenvalue weighted by Crippen LogP contribution is -2.41. The summed E-state index contributed by atoms with van der Waals surface area (Å²) in [4.78, 5) is 2.17. The molecule has 0 spiro atoms. The Morgan fingerprint density at radius 1 is 1.23 bits per heavy atom. The molecule has 0 saturated carbocycles.